The van der Waals surface area contributed by atoms with Crippen LogP contribution in [0.1, 0.15) is 27.9 Å². The molecule has 1 heterocycles. The summed E-state index contributed by atoms with van der Waals surface area (Å²) in [5.41, 5.74) is 8.75. The fourth-order valence-corrected chi connectivity index (χ4v) is 2.36. The third-order valence-electron chi connectivity index (χ3n) is 3.74. The number of likely N-dealkylation sites (tertiary alicyclic amines) is 1. The van der Waals surface area contributed by atoms with E-state index >= 15 is 0 Å². The van der Waals surface area contributed by atoms with E-state index in [9.17, 15) is 4.79 Å². The second-order valence-electron chi connectivity index (χ2n) is 4.89. The Balaban J connectivity index is 0.00000162. The lowest BCUT2D eigenvalue weighted by Gasteiger charge is -2.18. The van der Waals surface area contributed by atoms with E-state index in [1.807, 2.05) is 36.9 Å². The number of hydrogen-bond donors (Lipinski definition) is 1. The molecule has 1 unspecified atom stereocenters. The maximum atomic E-state index is 12.4. The standard InChI is InChI=1S/C14H20N2O.ClH/c1-10-4-3-5-13(11(10)2)14(17)16-7-6-12(8-15)9-16;/h3-5,12H,6-9,15H2,1-2H3;1H. The highest BCUT2D eigenvalue weighted by atomic mass is 35.5. The Hall–Kier alpha value is -1.06. The summed E-state index contributed by atoms with van der Waals surface area (Å²) in [5, 5.41) is 0. The molecular formula is C14H21ClN2O. The molecule has 0 saturated carbocycles. The van der Waals surface area contributed by atoms with Crippen molar-refractivity contribution in [2.45, 2.75) is 20.3 Å². The number of nitrogens with two attached hydrogens (primary N) is 1. The van der Waals surface area contributed by atoms with Gasteiger partial charge in [0, 0.05) is 18.7 Å². The first-order chi connectivity index (χ1) is 8.13. The predicted molar refractivity (Wildman–Crippen MR) is 76.2 cm³/mol. The van der Waals surface area contributed by atoms with Gasteiger partial charge in [0.25, 0.3) is 5.91 Å². The molecule has 0 aromatic heterocycles. The van der Waals surface area contributed by atoms with Crippen LogP contribution in [0, 0.1) is 19.8 Å². The zero-order valence-electron chi connectivity index (χ0n) is 11.0. The van der Waals surface area contributed by atoms with Crippen molar-refractivity contribution >= 4 is 18.3 Å². The Bertz CT molecular complexity index is 434. The largest absolute Gasteiger partial charge is 0.338 e. The van der Waals surface area contributed by atoms with Gasteiger partial charge in [-0.1, -0.05) is 12.1 Å². The quantitative estimate of drug-likeness (QED) is 0.893. The molecule has 4 heteroatoms. The lowest BCUT2D eigenvalue weighted by atomic mass is 10.0. The van der Waals surface area contributed by atoms with Gasteiger partial charge in [0.15, 0.2) is 0 Å². The molecule has 0 bridgehead atoms. The second kappa shape index (κ2) is 6.21. The van der Waals surface area contributed by atoms with Crippen molar-refractivity contribution in [3.8, 4) is 0 Å². The molecule has 0 radical (unpaired) electrons. The van der Waals surface area contributed by atoms with Gasteiger partial charge in [-0.05, 0) is 49.9 Å². The van der Waals surface area contributed by atoms with Gasteiger partial charge in [-0.25, -0.2) is 0 Å². The summed E-state index contributed by atoms with van der Waals surface area (Å²) in [7, 11) is 0. The van der Waals surface area contributed by atoms with Gasteiger partial charge >= 0.3 is 0 Å². The molecule has 0 aliphatic carbocycles. The summed E-state index contributed by atoms with van der Waals surface area (Å²) in [4.78, 5) is 14.3. The maximum absolute atomic E-state index is 12.4. The van der Waals surface area contributed by atoms with Crippen molar-refractivity contribution in [2.75, 3.05) is 19.6 Å². The van der Waals surface area contributed by atoms with Crippen molar-refractivity contribution in [3.63, 3.8) is 0 Å². The molecule has 1 aliphatic rings. The number of rotatable bonds is 2. The second-order valence-corrected chi connectivity index (χ2v) is 4.89. The summed E-state index contributed by atoms with van der Waals surface area (Å²) in [6.07, 6.45) is 1.03. The Morgan fingerprint density at radius 2 is 2.17 bits per heavy atom. The fourth-order valence-electron chi connectivity index (χ4n) is 2.36. The lowest BCUT2D eigenvalue weighted by molar-refractivity contribution is 0.0787. The topological polar surface area (TPSA) is 46.3 Å². The van der Waals surface area contributed by atoms with Crippen LogP contribution in [0.4, 0.5) is 0 Å². The van der Waals surface area contributed by atoms with Gasteiger partial charge in [-0.3, -0.25) is 4.79 Å². The van der Waals surface area contributed by atoms with Gasteiger partial charge in [0.2, 0.25) is 0 Å². The minimum absolute atomic E-state index is 0. The smallest absolute Gasteiger partial charge is 0.254 e. The van der Waals surface area contributed by atoms with Crippen LogP contribution in [0.5, 0.6) is 0 Å². The van der Waals surface area contributed by atoms with Crippen LogP contribution in [-0.2, 0) is 0 Å². The van der Waals surface area contributed by atoms with Gasteiger partial charge in [0.05, 0.1) is 0 Å². The van der Waals surface area contributed by atoms with Crippen LogP contribution in [0.15, 0.2) is 18.2 Å². The van der Waals surface area contributed by atoms with E-state index in [4.69, 9.17) is 5.73 Å². The maximum Gasteiger partial charge on any atom is 0.254 e. The third kappa shape index (κ3) is 2.85. The number of halogens is 1. The molecule has 18 heavy (non-hydrogen) atoms. The Labute approximate surface area is 115 Å². The van der Waals surface area contributed by atoms with Crippen LogP contribution in [0.3, 0.4) is 0 Å². The number of carbonyl (C=O) groups excluding carboxylic acids is 1. The van der Waals surface area contributed by atoms with Gasteiger partial charge in [0.1, 0.15) is 0 Å². The van der Waals surface area contributed by atoms with Gasteiger partial charge in [-0.15, -0.1) is 12.4 Å². The average molecular weight is 269 g/mol. The molecule has 1 saturated heterocycles. The highest BCUT2D eigenvalue weighted by molar-refractivity contribution is 5.96. The molecule has 1 atom stereocenters. The van der Waals surface area contributed by atoms with E-state index in [-0.39, 0.29) is 18.3 Å². The minimum Gasteiger partial charge on any atom is -0.338 e. The zero-order chi connectivity index (χ0) is 12.4. The predicted octanol–water partition coefficient (Wildman–Crippen LogP) is 2.15. The SMILES string of the molecule is Cc1cccc(C(=O)N2CCC(CN)C2)c1C.Cl. The first-order valence-electron chi connectivity index (χ1n) is 6.19. The molecule has 1 fully saturated rings. The van der Waals surface area contributed by atoms with Crippen LogP contribution >= 0.6 is 12.4 Å². The number of carbonyl (C=O) groups is 1. The van der Waals surface area contributed by atoms with Crippen LogP contribution < -0.4 is 5.73 Å². The minimum atomic E-state index is 0. The number of amides is 1. The number of hydrogen-bond acceptors (Lipinski definition) is 2. The molecule has 1 aliphatic heterocycles. The molecular weight excluding hydrogens is 248 g/mol. The first-order valence-corrected chi connectivity index (χ1v) is 6.19. The van der Waals surface area contributed by atoms with Gasteiger partial charge < -0.3 is 10.6 Å². The Morgan fingerprint density at radius 1 is 1.44 bits per heavy atom. The third-order valence-corrected chi connectivity index (χ3v) is 3.74. The lowest BCUT2D eigenvalue weighted by Crippen LogP contribution is -2.30. The first kappa shape index (κ1) is 15.0. The molecule has 0 spiro atoms. The number of aryl methyl sites for hydroxylation is 1. The summed E-state index contributed by atoms with van der Waals surface area (Å²) in [6.45, 7) is 6.38. The average Bonchev–Trinajstić information content (AvgIpc) is 2.80. The Kier molecular flexibility index (Phi) is 5.17. The van der Waals surface area contributed by atoms with Crippen molar-refractivity contribution in [3.05, 3.63) is 34.9 Å². The van der Waals surface area contributed by atoms with E-state index in [0.29, 0.717) is 12.5 Å². The molecule has 1 aromatic carbocycles. The van der Waals surface area contributed by atoms with Crippen molar-refractivity contribution in [2.24, 2.45) is 11.7 Å². The van der Waals surface area contributed by atoms with Gasteiger partial charge in [-0.2, -0.15) is 0 Å². The Morgan fingerprint density at radius 3 is 2.78 bits per heavy atom. The molecule has 2 rings (SSSR count). The molecule has 1 amide bonds. The number of benzene rings is 1. The normalized spacial score (nSPS) is 18.6. The highest BCUT2D eigenvalue weighted by Crippen LogP contribution is 2.20. The molecule has 3 nitrogen and oxygen atoms in total. The van der Waals surface area contributed by atoms with Crippen LogP contribution in [0.2, 0.25) is 0 Å². The van der Waals surface area contributed by atoms with E-state index in [1.54, 1.807) is 0 Å². The van der Waals surface area contributed by atoms with Crippen LogP contribution in [0.25, 0.3) is 0 Å². The molecule has 2 N–H and O–H groups in total. The van der Waals surface area contributed by atoms with Crippen molar-refractivity contribution < 1.29 is 4.79 Å². The summed E-state index contributed by atoms with van der Waals surface area (Å²) >= 11 is 0. The number of nitrogens with zero attached hydrogens (tertiary/aromatic N) is 1. The monoisotopic (exact) mass is 268 g/mol. The zero-order valence-corrected chi connectivity index (χ0v) is 11.8. The fraction of sp³-hybridized carbons (Fsp3) is 0.500. The molecule has 100 valence electrons. The van der Waals surface area contributed by atoms with E-state index < -0.39 is 0 Å². The van der Waals surface area contributed by atoms with Crippen LogP contribution in [-0.4, -0.2) is 30.4 Å². The van der Waals surface area contributed by atoms with Crippen molar-refractivity contribution in [1.29, 1.82) is 0 Å². The van der Waals surface area contributed by atoms with E-state index in [0.717, 1.165) is 30.6 Å². The summed E-state index contributed by atoms with van der Waals surface area (Å²) < 4.78 is 0. The van der Waals surface area contributed by atoms with E-state index in [2.05, 4.69) is 0 Å². The summed E-state index contributed by atoms with van der Waals surface area (Å²) in [5.74, 6) is 0.631. The summed E-state index contributed by atoms with van der Waals surface area (Å²) in [6, 6.07) is 5.91. The molecule has 1 aromatic rings. The van der Waals surface area contributed by atoms with Crippen molar-refractivity contribution in [1.82, 2.24) is 4.90 Å². The highest BCUT2D eigenvalue weighted by Gasteiger charge is 2.26. The van der Waals surface area contributed by atoms with E-state index in [1.165, 1.54) is 5.56 Å².